The summed E-state index contributed by atoms with van der Waals surface area (Å²) >= 11 is 12.3. The highest BCUT2D eigenvalue weighted by atomic mass is 79.9. The molecule has 0 atom stereocenters. The van der Waals surface area contributed by atoms with E-state index in [1.54, 1.807) is 18.2 Å². The molecular formula is C12H7Br2ClFNO. The van der Waals surface area contributed by atoms with Gasteiger partial charge in [0, 0.05) is 10.5 Å². The van der Waals surface area contributed by atoms with Crippen LogP contribution in [0.1, 0.15) is 0 Å². The summed E-state index contributed by atoms with van der Waals surface area (Å²) in [5, 5.41) is 0.409. The van der Waals surface area contributed by atoms with E-state index in [1.807, 2.05) is 0 Å². The van der Waals surface area contributed by atoms with Crippen molar-refractivity contribution in [1.82, 2.24) is 0 Å². The van der Waals surface area contributed by atoms with Gasteiger partial charge in [-0.15, -0.1) is 0 Å². The maximum atomic E-state index is 13.4. The molecule has 0 saturated carbocycles. The number of ether oxygens (including phenoxy) is 1. The first-order valence-corrected chi connectivity index (χ1v) is 6.81. The van der Waals surface area contributed by atoms with E-state index in [0.717, 1.165) is 4.47 Å². The van der Waals surface area contributed by atoms with Crippen LogP contribution in [-0.4, -0.2) is 0 Å². The van der Waals surface area contributed by atoms with Crippen LogP contribution in [0, 0.1) is 5.82 Å². The van der Waals surface area contributed by atoms with Crippen LogP contribution in [-0.2, 0) is 0 Å². The second-order valence-electron chi connectivity index (χ2n) is 3.48. The largest absolute Gasteiger partial charge is 0.454 e. The van der Waals surface area contributed by atoms with Gasteiger partial charge in [0.1, 0.15) is 11.6 Å². The van der Waals surface area contributed by atoms with Crippen molar-refractivity contribution in [3.63, 3.8) is 0 Å². The Morgan fingerprint density at radius 2 is 1.83 bits per heavy atom. The van der Waals surface area contributed by atoms with Gasteiger partial charge >= 0.3 is 0 Å². The smallest absolute Gasteiger partial charge is 0.153 e. The first kappa shape index (κ1) is 13.6. The van der Waals surface area contributed by atoms with Gasteiger partial charge in [0.25, 0.3) is 0 Å². The van der Waals surface area contributed by atoms with Gasteiger partial charge in [0.2, 0.25) is 0 Å². The van der Waals surface area contributed by atoms with Gasteiger partial charge in [0.15, 0.2) is 5.75 Å². The Hall–Kier alpha value is -0.780. The highest BCUT2D eigenvalue weighted by Gasteiger charge is 2.10. The van der Waals surface area contributed by atoms with Crippen LogP contribution in [0.3, 0.4) is 0 Å². The quantitative estimate of drug-likeness (QED) is 0.693. The fraction of sp³-hybridized carbons (Fsp3) is 0. The van der Waals surface area contributed by atoms with Gasteiger partial charge in [-0.25, -0.2) is 4.39 Å². The molecular weight excluding hydrogens is 388 g/mol. The molecule has 2 rings (SSSR count). The van der Waals surface area contributed by atoms with Crippen LogP contribution in [0.2, 0.25) is 5.02 Å². The lowest BCUT2D eigenvalue weighted by atomic mass is 10.3. The Morgan fingerprint density at radius 1 is 1.11 bits per heavy atom. The number of hydrogen-bond donors (Lipinski definition) is 1. The Balaban J connectivity index is 2.37. The van der Waals surface area contributed by atoms with Gasteiger partial charge in [-0.2, -0.15) is 0 Å². The summed E-state index contributed by atoms with van der Waals surface area (Å²) in [4.78, 5) is 0. The lowest BCUT2D eigenvalue weighted by Gasteiger charge is -2.10. The topological polar surface area (TPSA) is 35.2 Å². The predicted molar refractivity (Wildman–Crippen MR) is 77.7 cm³/mol. The number of anilines is 1. The van der Waals surface area contributed by atoms with Crippen molar-refractivity contribution >= 4 is 49.1 Å². The summed E-state index contributed by atoms with van der Waals surface area (Å²) in [5.41, 5.74) is 6.07. The molecule has 2 N–H and O–H groups in total. The molecule has 0 unspecified atom stereocenters. The fourth-order valence-electron chi connectivity index (χ4n) is 1.31. The highest BCUT2D eigenvalue weighted by molar-refractivity contribution is 9.10. The molecule has 0 fully saturated rings. The number of nitrogens with two attached hydrogens (primary N) is 1. The minimum atomic E-state index is -0.451. The summed E-state index contributed by atoms with van der Waals surface area (Å²) in [7, 11) is 0. The van der Waals surface area contributed by atoms with E-state index in [-0.39, 0.29) is 10.2 Å². The number of halogens is 4. The first-order chi connectivity index (χ1) is 8.47. The van der Waals surface area contributed by atoms with Crippen molar-refractivity contribution in [3.05, 3.63) is 50.1 Å². The summed E-state index contributed by atoms with van der Waals surface area (Å²) in [6.07, 6.45) is 0. The standard InChI is InChI=1S/C12H7Br2ClFNO/c13-6-1-2-11(8(15)3-6)18-12-5-9(16)7(14)4-10(12)17/h1-5H,17H2. The monoisotopic (exact) mass is 393 g/mol. The maximum Gasteiger partial charge on any atom is 0.153 e. The molecule has 6 heteroatoms. The molecule has 0 spiro atoms. The molecule has 0 aliphatic carbocycles. The van der Waals surface area contributed by atoms with Crippen molar-refractivity contribution in [2.45, 2.75) is 0 Å². The second-order valence-corrected chi connectivity index (χ2v) is 5.66. The lowest BCUT2D eigenvalue weighted by molar-refractivity contribution is 0.479. The molecule has 18 heavy (non-hydrogen) atoms. The zero-order valence-electron chi connectivity index (χ0n) is 8.88. The molecule has 0 aliphatic heterocycles. The van der Waals surface area contributed by atoms with E-state index in [0.29, 0.717) is 16.5 Å². The molecule has 0 aromatic heterocycles. The van der Waals surface area contributed by atoms with Gasteiger partial charge in [-0.3, -0.25) is 0 Å². The van der Waals surface area contributed by atoms with Crippen molar-refractivity contribution in [3.8, 4) is 11.5 Å². The van der Waals surface area contributed by atoms with Crippen LogP contribution >= 0.6 is 43.5 Å². The van der Waals surface area contributed by atoms with E-state index in [4.69, 9.17) is 22.1 Å². The summed E-state index contributed by atoms with van der Waals surface area (Å²) < 4.78 is 20.0. The fourth-order valence-corrected chi connectivity index (χ4v) is 2.38. The molecule has 2 aromatic rings. The normalized spacial score (nSPS) is 10.4. The van der Waals surface area contributed by atoms with Gasteiger partial charge < -0.3 is 10.5 Å². The minimum absolute atomic E-state index is 0.222. The molecule has 2 nitrogen and oxygen atoms in total. The average Bonchev–Trinajstić information content (AvgIpc) is 2.29. The molecule has 0 heterocycles. The van der Waals surface area contributed by atoms with E-state index in [9.17, 15) is 4.39 Å². The zero-order chi connectivity index (χ0) is 13.3. The number of nitrogen functional groups attached to an aromatic ring is 1. The molecule has 0 aliphatic rings. The third kappa shape index (κ3) is 2.96. The van der Waals surface area contributed by atoms with Crippen LogP contribution < -0.4 is 10.5 Å². The maximum absolute atomic E-state index is 13.4. The highest BCUT2D eigenvalue weighted by Crippen LogP contribution is 2.36. The second kappa shape index (κ2) is 5.47. The Morgan fingerprint density at radius 3 is 2.50 bits per heavy atom. The Kier molecular flexibility index (Phi) is 4.14. The Labute approximate surface area is 125 Å². The summed E-state index contributed by atoms with van der Waals surface area (Å²) in [6.45, 7) is 0. The van der Waals surface area contributed by atoms with Crippen molar-refractivity contribution in [2.75, 3.05) is 5.73 Å². The first-order valence-electron chi connectivity index (χ1n) is 4.85. The van der Waals surface area contributed by atoms with Gasteiger partial charge in [0.05, 0.1) is 15.2 Å². The van der Waals surface area contributed by atoms with Crippen LogP contribution in [0.4, 0.5) is 10.1 Å². The van der Waals surface area contributed by atoms with Crippen LogP contribution in [0.15, 0.2) is 39.3 Å². The van der Waals surface area contributed by atoms with E-state index >= 15 is 0 Å². The molecule has 0 radical (unpaired) electrons. The number of benzene rings is 2. The predicted octanol–water partition coefficient (Wildman–Crippen LogP) is 5.38. The third-order valence-electron chi connectivity index (χ3n) is 2.17. The average molecular weight is 395 g/mol. The molecule has 2 aromatic carbocycles. The van der Waals surface area contributed by atoms with Crippen molar-refractivity contribution < 1.29 is 9.13 Å². The zero-order valence-corrected chi connectivity index (χ0v) is 12.8. The van der Waals surface area contributed by atoms with Gasteiger partial charge in [-0.1, -0.05) is 27.5 Å². The molecule has 94 valence electrons. The van der Waals surface area contributed by atoms with Crippen LogP contribution in [0.25, 0.3) is 0 Å². The van der Waals surface area contributed by atoms with Crippen LogP contribution in [0.5, 0.6) is 11.5 Å². The van der Waals surface area contributed by atoms with E-state index in [2.05, 4.69) is 31.9 Å². The SMILES string of the molecule is Nc1cc(Br)c(F)cc1Oc1ccc(Br)cc1Cl. The molecule has 0 amide bonds. The summed E-state index contributed by atoms with van der Waals surface area (Å²) in [5.74, 6) is 0.181. The van der Waals surface area contributed by atoms with Crippen molar-refractivity contribution in [2.24, 2.45) is 0 Å². The summed E-state index contributed by atoms with van der Waals surface area (Å²) in [6, 6.07) is 7.77. The third-order valence-corrected chi connectivity index (χ3v) is 3.56. The lowest BCUT2D eigenvalue weighted by Crippen LogP contribution is -1.94. The van der Waals surface area contributed by atoms with Gasteiger partial charge in [-0.05, 0) is 40.2 Å². The number of hydrogen-bond acceptors (Lipinski definition) is 2. The number of rotatable bonds is 2. The molecule has 0 saturated heterocycles. The molecule has 0 bridgehead atoms. The van der Waals surface area contributed by atoms with Crippen molar-refractivity contribution in [1.29, 1.82) is 0 Å². The minimum Gasteiger partial charge on any atom is -0.454 e. The van der Waals surface area contributed by atoms with E-state index < -0.39 is 5.82 Å². The van der Waals surface area contributed by atoms with E-state index in [1.165, 1.54) is 12.1 Å². The Bertz CT molecular complexity index is 607.